The third-order valence-corrected chi connectivity index (χ3v) is 2.88. The molecule has 0 saturated carbocycles. The van der Waals surface area contributed by atoms with E-state index in [1.807, 2.05) is 30.3 Å². The summed E-state index contributed by atoms with van der Waals surface area (Å²) in [7, 11) is 0. The zero-order valence-electron chi connectivity index (χ0n) is 8.08. The van der Waals surface area contributed by atoms with Gasteiger partial charge in [0.25, 0.3) is 0 Å². The molecule has 0 fully saturated rings. The van der Waals surface area contributed by atoms with Crippen molar-refractivity contribution in [3.63, 3.8) is 0 Å². The molecule has 5 nitrogen and oxygen atoms in total. The number of aromatic nitrogens is 5. The Labute approximate surface area is 99.1 Å². The fraction of sp³-hybridized carbons (Fsp3) is 0. The Balaban J connectivity index is 2.38. The molecule has 2 heterocycles. The Hall–Kier alpha value is -1.78. The molecule has 0 spiro atoms. The molecule has 1 radical (unpaired) electrons. The van der Waals surface area contributed by atoms with Crippen molar-refractivity contribution in [3.8, 4) is 11.1 Å². The molecule has 0 atom stereocenters. The van der Waals surface area contributed by atoms with Gasteiger partial charge in [-0.25, -0.2) is 0 Å². The fourth-order valence-electron chi connectivity index (χ4n) is 1.57. The minimum atomic E-state index is 0.526. The van der Waals surface area contributed by atoms with Crippen LogP contribution in [0.2, 0.25) is 0 Å². The van der Waals surface area contributed by atoms with Crippen LogP contribution in [0, 0.1) is 0 Å². The van der Waals surface area contributed by atoms with Crippen molar-refractivity contribution in [3.05, 3.63) is 30.3 Å². The fourth-order valence-corrected chi connectivity index (χ4v) is 2.11. The number of aromatic amines is 1. The third kappa shape index (κ3) is 1.39. The van der Waals surface area contributed by atoms with Gasteiger partial charge in [-0.2, -0.15) is 0 Å². The summed E-state index contributed by atoms with van der Waals surface area (Å²) < 4.78 is 0.729. The summed E-state index contributed by atoms with van der Waals surface area (Å²) in [6.07, 6.45) is 0. The number of H-pyrrole nitrogens is 1. The summed E-state index contributed by atoms with van der Waals surface area (Å²) in [5, 5.41) is 18.5. The van der Waals surface area contributed by atoms with E-state index in [4.69, 9.17) is 0 Å². The van der Waals surface area contributed by atoms with E-state index in [1.54, 1.807) is 0 Å². The molecule has 1 aromatic carbocycles. The molecule has 0 aliphatic rings. The number of hydrogen-bond donors (Lipinski definition) is 1. The van der Waals surface area contributed by atoms with Crippen LogP contribution in [0.3, 0.4) is 0 Å². The molecule has 2 aromatic heterocycles. The summed E-state index contributed by atoms with van der Waals surface area (Å²) >= 11 is 2.90. The van der Waals surface area contributed by atoms with Gasteiger partial charge in [0.2, 0.25) is 0 Å². The van der Waals surface area contributed by atoms with E-state index in [2.05, 4.69) is 41.6 Å². The standard InChI is InChI=1S/C10H6N5Se/c16-10-7(6-4-2-1-3-5-6)8-9(12-14-10)13-15-11-8/h1-5H,(H,11,12,13,15). The normalized spacial score (nSPS) is 10.8. The van der Waals surface area contributed by atoms with Crippen LogP contribution in [0.25, 0.3) is 22.3 Å². The average molecular weight is 275 g/mol. The number of fused-ring (bicyclic) bond motifs is 1. The summed E-state index contributed by atoms with van der Waals surface area (Å²) in [6, 6.07) is 9.93. The van der Waals surface area contributed by atoms with Crippen molar-refractivity contribution in [1.82, 2.24) is 25.6 Å². The molecule has 0 aliphatic carbocycles. The van der Waals surface area contributed by atoms with Gasteiger partial charge in [0, 0.05) is 0 Å². The van der Waals surface area contributed by atoms with Gasteiger partial charge in [-0.15, -0.1) is 0 Å². The van der Waals surface area contributed by atoms with Gasteiger partial charge < -0.3 is 0 Å². The number of benzene rings is 1. The second-order valence-electron chi connectivity index (χ2n) is 3.24. The Bertz CT molecular complexity index is 634. The molecule has 6 heteroatoms. The van der Waals surface area contributed by atoms with Crippen molar-refractivity contribution in [2.75, 3.05) is 0 Å². The number of nitrogens with zero attached hydrogens (tertiary/aromatic N) is 4. The summed E-state index contributed by atoms with van der Waals surface area (Å²) in [5.41, 5.74) is 3.23. The molecule has 0 bridgehead atoms. The maximum absolute atomic E-state index is 4.10. The van der Waals surface area contributed by atoms with Crippen molar-refractivity contribution < 1.29 is 0 Å². The first-order valence-corrected chi connectivity index (χ1v) is 5.51. The first-order valence-electron chi connectivity index (χ1n) is 4.66. The van der Waals surface area contributed by atoms with E-state index in [1.165, 1.54) is 0 Å². The average Bonchev–Trinajstić information content (AvgIpc) is 2.78. The monoisotopic (exact) mass is 276 g/mol. The zero-order chi connectivity index (χ0) is 11.0. The van der Waals surface area contributed by atoms with Gasteiger partial charge in [0.05, 0.1) is 0 Å². The van der Waals surface area contributed by atoms with Gasteiger partial charge in [-0.05, 0) is 0 Å². The Morgan fingerprint density at radius 1 is 1.00 bits per heavy atom. The summed E-state index contributed by atoms with van der Waals surface area (Å²) in [5.74, 6) is 0. The number of rotatable bonds is 1. The minimum absolute atomic E-state index is 0.526. The van der Waals surface area contributed by atoms with Gasteiger partial charge in [0.1, 0.15) is 0 Å². The van der Waals surface area contributed by atoms with Crippen LogP contribution >= 0.6 is 0 Å². The van der Waals surface area contributed by atoms with E-state index in [9.17, 15) is 0 Å². The predicted molar refractivity (Wildman–Crippen MR) is 60.3 cm³/mol. The molecule has 16 heavy (non-hydrogen) atoms. The second kappa shape index (κ2) is 3.66. The summed E-state index contributed by atoms with van der Waals surface area (Å²) in [4.78, 5) is 0. The van der Waals surface area contributed by atoms with Crippen molar-refractivity contribution >= 4 is 31.8 Å². The van der Waals surface area contributed by atoms with Crippen LogP contribution in [-0.2, 0) is 0 Å². The maximum atomic E-state index is 4.10. The summed E-state index contributed by atoms with van der Waals surface area (Å²) in [6.45, 7) is 0. The Morgan fingerprint density at radius 3 is 2.62 bits per heavy atom. The van der Waals surface area contributed by atoms with E-state index in [0.717, 1.165) is 21.2 Å². The van der Waals surface area contributed by atoms with Crippen molar-refractivity contribution in [2.24, 2.45) is 0 Å². The quantitative estimate of drug-likeness (QED) is 0.645. The molecule has 0 saturated heterocycles. The van der Waals surface area contributed by atoms with E-state index >= 15 is 0 Å². The second-order valence-corrected chi connectivity index (χ2v) is 4.05. The van der Waals surface area contributed by atoms with E-state index < -0.39 is 0 Å². The first-order chi connectivity index (χ1) is 7.86. The molecule has 0 amide bonds. The van der Waals surface area contributed by atoms with E-state index in [-0.39, 0.29) is 0 Å². The molecule has 3 aromatic rings. The Kier molecular flexibility index (Phi) is 2.16. The Morgan fingerprint density at radius 2 is 1.81 bits per heavy atom. The molecular formula is C10H6N5Se. The molecular weight excluding hydrogens is 269 g/mol. The molecule has 0 unspecified atom stereocenters. The predicted octanol–water partition coefficient (Wildman–Crippen LogP) is 0.209. The van der Waals surface area contributed by atoms with Gasteiger partial charge in [-0.3, -0.25) is 0 Å². The number of hydrogen-bond acceptors (Lipinski definition) is 4. The van der Waals surface area contributed by atoms with Crippen LogP contribution in [0.4, 0.5) is 0 Å². The van der Waals surface area contributed by atoms with Crippen LogP contribution in [0.1, 0.15) is 0 Å². The topological polar surface area (TPSA) is 67.3 Å². The van der Waals surface area contributed by atoms with Crippen molar-refractivity contribution in [2.45, 2.75) is 0 Å². The van der Waals surface area contributed by atoms with Crippen LogP contribution in [0.15, 0.2) is 30.3 Å². The van der Waals surface area contributed by atoms with Gasteiger partial charge in [-0.1, -0.05) is 0 Å². The SMILES string of the molecule is [Se]c1nnc2n[nH]nc2c1-c1ccccc1. The molecule has 3 rings (SSSR count). The molecule has 1 N–H and O–H groups in total. The van der Waals surface area contributed by atoms with E-state index in [0.29, 0.717) is 5.65 Å². The van der Waals surface area contributed by atoms with Crippen LogP contribution < -0.4 is 4.59 Å². The van der Waals surface area contributed by atoms with Gasteiger partial charge >= 0.3 is 98.8 Å². The number of nitrogens with one attached hydrogen (secondary N) is 1. The third-order valence-electron chi connectivity index (χ3n) is 2.28. The van der Waals surface area contributed by atoms with Crippen LogP contribution in [-0.4, -0.2) is 41.6 Å². The zero-order valence-corrected chi connectivity index (χ0v) is 9.80. The first kappa shape index (κ1) is 9.45. The van der Waals surface area contributed by atoms with Crippen LogP contribution in [0.5, 0.6) is 0 Å². The molecule has 77 valence electrons. The van der Waals surface area contributed by atoms with Gasteiger partial charge in [0.15, 0.2) is 0 Å². The van der Waals surface area contributed by atoms with Crippen molar-refractivity contribution in [1.29, 1.82) is 0 Å². The molecule has 0 aliphatic heterocycles.